The Morgan fingerprint density at radius 1 is 1.00 bits per heavy atom. The topological polar surface area (TPSA) is 65.0 Å². The van der Waals surface area contributed by atoms with Crippen molar-refractivity contribution < 1.29 is 24.1 Å². The molecule has 0 fully saturated rings. The van der Waals surface area contributed by atoms with Crippen LogP contribution in [0.5, 0.6) is 11.5 Å². The van der Waals surface area contributed by atoms with E-state index in [1.165, 1.54) is 38.9 Å². The van der Waals surface area contributed by atoms with E-state index >= 15 is 0 Å². The number of phenolic OH excluding ortho intramolecular Hbond substituents is 1. The maximum atomic E-state index is 11.6. The standard InChI is InChI=1S/C17H26O4.C4H10O/c1-3-4-5-6-7-8-9-17(19)21-13-14-10-11-15(18)16(12-14)20-2;1-3-5-4-2/h10-12,18H,3-9,13H2,1-2H3;3-4H2,1-2H3. The highest BCUT2D eigenvalue weighted by Gasteiger charge is 2.06. The van der Waals surface area contributed by atoms with Crippen LogP contribution in [0.1, 0.15) is 71.3 Å². The zero-order valence-electron chi connectivity index (χ0n) is 16.9. The van der Waals surface area contributed by atoms with E-state index in [1.807, 2.05) is 13.8 Å². The average Bonchev–Trinajstić information content (AvgIpc) is 2.65. The molecule has 0 saturated carbocycles. The second-order valence-electron chi connectivity index (χ2n) is 5.97. The predicted octanol–water partition coefficient (Wildman–Crippen LogP) is 5.24. The van der Waals surface area contributed by atoms with Crippen LogP contribution in [-0.2, 0) is 20.9 Å². The molecule has 0 aromatic heterocycles. The van der Waals surface area contributed by atoms with Gasteiger partial charge in [0.25, 0.3) is 0 Å². The van der Waals surface area contributed by atoms with Crippen LogP contribution in [0.25, 0.3) is 0 Å². The summed E-state index contributed by atoms with van der Waals surface area (Å²) in [5, 5.41) is 9.48. The van der Waals surface area contributed by atoms with Gasteiger partial charge in [0, 0.05) is 19.6 Å². The second-order valence-corrected chi connectivity index (χ2v) is 5.97. The van der Waals surface area contributed by atoms with Gasteiger partial charge in [-0.15, -0.1) is 0 Å². The molecule has 0 radical (unpaired) electrons. The maximum Gasteiger partial charge on any atom is 0.306 e. The van der Waals surface area contributed by atoms with Gasteiger partial charge < -0.3 is 19.3 Å². The van der Waals surface area contributed by atoms with Crippen molar-refractivity contribution in [2.75, 3.05) is 20.3 Å². The summed E-state index contributed by atoms with van der Waals surface area (Å²) >= 11 is 0. The van der Waals surface area contributed by atoms with Crippen LogP contribution in [0.15, 0.2) is 18.2 Å². The highest BCUT2D eigenvalue weighted by molar-refractivity contribution is 5.69. The summed E-state index contributed by atoms with van der Waals surface area (Å²) in [4.78, 5) is 11.6. The van der Waals surface area contributed by atoms with Gasteiger partial charge in [-0.05, 0) is 38.0 Å². The summed E-state index contributed by atoms with van der Waals surface area (Å²) in [6.07, 6.45) is 7.39. The van der Waals surface area contributed by atoms with Crippen LogP contribution >= 0.6 is 0 Å². The molecule has 0 aliphatic rings. The van der Waals surface area contributed by atoms with Crippen LogP contribution in [0.3, 0.4) is 0 Å². The zero-order valence-corrected chi connectivity index (χ0v) is 16.9. The summed E-state index contributed by atoms with van der Waals surface area (Å²) in [5.74, 6) is 0.302. The number of hydrogen-bond acceptors (Lipinski definition) is 5. The van der Waals surface area contributed by atoms with Crippen molar-refractivity contribution in [2.45, 2.75) is 72.3 Å². The van der Waals surface area contributed by atoms with E-state index in [9.17, 15) is 9.90 Å². The number of unbranched alkanes of at least 4 members (excludes halogenated alkanes) is 5. The Kier molecular flexibility index (Phi) is 15.6. The maximum absolute atomic E-state index is 11.6. The minimum atomic E-state index is -0.169. The molecule has 0 aliphatic heterocycles. The number of ether oxygens (including phenoxy) is 3. The number of aromatic hydroxyl groups is 1. The predicted molar refractivity (Wildman–Crippen MR) is 105 cm³/mol. The highest BCUT2D eigenvalue weighted by Crippen LogP contribution is 2.26. The number of esters is 1. The first kappa shape index (κ1) is 24.2. The van der Waals surface area contributed by atoms with Crippen LogP contribution in [0, 0.1) is 0 Å². The van der Waals surface area contributed by atoms with Gasteiger partial charge in [-0.3, -0.25) is 4.79 Å². The Labute approximate surface area is 158 Å². The monoisotopic (exact) mass is 368 g/mol. The smallest absolute Gasteiger partial charge is 0.306 e. The zero-order chi connectivity index (χ0) is 19.6. The van der Waals surface area contributed by atoms with Crippen molar-refractivity contribution in [2.24, 2.45) is 0 Å². The summed E-state index contributed by atoms with van der Waals surface area (Å²) in [6.45, 7) is 8.07. The molecule has 0 unspecified atom stereocenters. The number of rotatable bonds is 12. The van der Waals surface area contributed by atoms with Crippen LogP contribution in [0.4, 0.5) is 0 Å². The average molecular weight is 369 g/mol. The fourth-order valence-corrected chi connectivity index (χ4v) is 2.30. The second kappa shape index (κ2) is 16.7. The molecule has 1 N–H and O–H groups in total. The third-order valence-corrected chi connectivity index (χ3v) is 3.79. The van der Waals surface area contributed by atoms with E-state index in [1.54, 1.807) is 12.1 Å². The molecule has 0 aliphatic carbocycles. The van der Waals surface area contributed by atoms with Crippen molar-refractivity contribution in [1.29, 1.82) is 0 Å². The van der Waals surface area contributed by atoms with E-state index in [4.69, 9.17) is 14.2 Å². The normalized spacial score (nSPS) is 10.0. The molecule has 5 heteroatoms. The molecule has 0 saturated heterocycles. The van der Waals surface area contributed by atoms with Crippen LogP contribution in [-0.4, -0.2) is 31.4 Å². The fraction of sp³-hybridized carbons (Fsp3) is 0.667. The molecule has 0 atom stereocenters. The van der Waals surface area contributed by atoms with E-state index in [-0.39, 0.29) is 18.3 Å². The summed E-state index contributed by atoms with van der Waals surface area (Å²) in [5.41, 5.74) is 0.806. The number of benzene rings is 1. The van der Waals surface area contributed by atoms with E-state index in [0.717, 1.165) is 31.6 Å². The van der Waals surface area contributed by atoms with Gasteiger partial charge in [-0.25, -0.2) is 0 Å². The lowest BCUT2D eigenvalue weighted by atomic mass is 10.1. The number of carbonyl (C=O) groups is 1. The SMILES string of the molecule is CCCCCCCCC(=O)OCc1ccc(O)c(OC)c1.CCOCC. The van der Waals surface area contributed by atoms with Crippen molar-refractivity contribution in [3.63, 3.8) is 0 Å². The van der Waals surface area contributed by atoms with E-state index in [0.29, 0.717) is 12.2 Å². The fourth-order valence-electron chi connectivity index (χ4n) is 2.30. The molecular weight excluding hydrogens is 332 g/mol. The van der Waals surface area contributed by atoms with Gasteiger partial charge in [-0.1, -0.05) is 45.1 Å². The molecule has 1 aromatic carbocycles. The number of carbonyl (C=O) groups excluding carboxylic acids is 1. The lowest BCUT2D eigenvalue weighted by molar-refractivity contribution is -0.145. The Balaban J connectivity index is 0.00000110. The third-order valence-electron chi connectivity index (χ3n) is 3.79. The van der Waals surface area contributed by atoms with Gasteiger partial charge >= 0.3 is 5.97 Å². The first-order valence-corrected chi connectivity index (χ1v) is 9.68. The Morgan fingerprint density at radius 2 is 1.65 bits per heavy atom. The molecule has 1 rings (SSSR count). The molecule has 5 nitrogen and oxygen atoms in total. The van der Waals surface area contributed by atoms with Crippen molar-refractivity contribution in [3.8, 4) is 11.5 Å². The molecule has 0 spiro atoms. The molecule has 1 aromatic rings. The first-order chi connectivity index (χ1) is 12.6. The molecule has 0 bridgehead atoms. The summed E-state index contributed by atoms with van der Waals surface area (Å²) < 4.78 is 15.1. The number of methoxy groups -OCH3 is 1. The molecule has 0 heterocycles. The van der Waals surface area contributed by atoms with Crippen molar-refractivity contribution in [1.82, 2.24) is 0 Å². The third kappa shape index (κ3) is 12.6. The minimum Gasteiger partial charge on any atom is -0.504 e. The summed E-state index contributed by atoms with van der Waals surface area (Å²) in [7, 11) is 1.49. The lowest BCUT2D eigenvalue weighted by Crippen LogP contribution is -2.04. The quantitative estimate of drug-likeness (QED) is 0.404. The molecule has 150 valence electrons. The molecule has 0 amide bonds. The van der Waals surface area contributed by atoms with Crippen molar-refractivity contribution in [3.05, 3.63) is 23.8 Å². The van der Waals surface area contributed by atoms with Crippen LogP contribution < -0.4 is 4.74 Å². The highest BCUT2D eigenvalue weighted by atomic mass is 16.5. The number of phenols is 1. The van der Waals surface area contributed by atoms with Gasteiger partial charge in [0.15, 0.2) is 11.5 Å². The summed E-state index contributed by atoms with van der Waals surface area (Å²) in [6, 6.07) is 4.93. The van der Waals surface area contributed by atoms with Crippen molar-refractivity contribution >= 4 is 5.97 Å². The molecule has 26 heavy (non-hydrogen) atoms. The van der Waals surface area contributed by atoms with Gasteiger partial charge in [0.05, 0.1) is 7.11 Å². The van der Waals surface area contributed by atoms with Gasteiger partial charge in [0.1, 0.15) is 6.61 Å². The van der Waals surface area contributed by atoms with Crippen LogP contribution in [0.2, 0.25) is 0 Å². The largest absolute Gasteiger partial charge is 0.504 e. The van der Waals surface area contributed by atoms with E-state index < -0.39 is 0 Å². The van der Waals surface area contributed by atoms with E-state index in [2.05, 4.69) is 6.92 Å². The Morgan fingerprint density at radius 3 is 2.23 bits per heavy atom. The number of hydrogen-bond donors (Lipinski definition) is 1. The lowest BCUT2D eigenvalue weighted by Gasteiger charge is -2.08. The molecular formula is C21H36O5. The Hall–Kier alpha value is -1.75. The minimum absolute atomic E-state index is 0.0830. The first-order valence-electron chi connectivity index (χ1n) is 9.68. The Bertz CT molecular complexity index is 471. The van der Waals surface area contributed by atoms with Gasteiger partial charge in [-0.2, -0.15) is 0 Å². The van der Waals surface area contributed by atoms with Gasteiger partial charge in [0.2, 0.25) is 0 Å².